The summed E-state index contributed by atoms with van der Waals surface area (Å²) in [5, 5.41) is 12.6. The molecule has 4 aromatic carbocycles. The average molecular weight is 477 g/mol. The fourth-order valence-electron chi connectivity index (χ4n) is 5.58. The third kappa shape index (κ3) is 6.30. The second-order valence-electron chi connectivity index (χ2n) is 10.1. The van der Waals surface area contributed by atoms with E-state index in [1.165, 1.54) is 22.3 Å². The van der Waals surface area contributed by atoms with Gasteiger partial charge in [-0.3, -0.25) is 9.80 Å². The minimum absolute atomic E-state index is 0.00409. The Morgan fingerprint density at radius 1 is 0.556 bits per heavy atom. The highest BCUT2D eigenvalue weighted by atomic mass is 16.3. The van der Waals surface area contributed by atoms with Crippen LogP contribution in [0.25, 0.3) is 0 Å². The fraction of sp³-hybridized carbons (Fsp3) is 0.273. The van der Waals surface area contributed by atoms with Crippen LogP contribution in [0.2, 0.25) is 0 Å². The summed E-state index contributed by atoms with van der Waals surface area (Å²) in [6.07, 6.45) is 1.25. The van der Waals surface area contributed by atoms with Crippen LogP contribution in [0.4, 0.5) is 0 Å². The first-order valence-electron chi connectivity index (χ1n) is 13.0. The molecule has 0 radical (unpaired) electrons. The lowest BCUT2D eigenvalue weighted by Gasteiger charge is -2.49. The van der Waals surface area contributed by atoms with Crippen LogP contribution in [0.15, 0.2) is 121 Å². The van der Waals surface area contributed by atoms with Crippen LogP contribution in [0.1, 0.15) is 22.3 Å². The third-order valence-electron chi connectivity index (χ3n) is 7.38. The molecule has 5 rings (SSSR count). The van der Waals surface area contributed by atoms with Gasteiger partial charge in [-0.15, -0.1) is 0 Å². The molecule has 1 N–H and O–H groups in total. The molecule has 4 aromatic rings. The number of benzene rings is 4. The van der Waals surface area contributed by atoms with Crippen molar-refractivity contribution < 1.29 is 5.11 Å². The lowest BCUT2D eigenvalue weighted by atomic mass is 9.80. The van der Waals surface area contributed by atoms with Crippen LogP contribution >= 0.6 is 0 Å². The Balaban J connectivity index is 1.47. The molecule has 1 atom stereocenters. The van der Waals surface area contributed by atoms with Crippen LogP contribution in [-0.2, 0) is 25.9 Å². The Bertz CT molecular complexity index is 1140. The molecule has 0 saturated carbocycles. The molecule has 1 unspecified atom stereocenters. The molecule has 36 heavy (non-hydrogen) atoms. The van der Waals surface area contributed by atoms with E-state index in [2.05, 4.69) is 119 Å². The summed E-state index contributed by atoms with van der Waals surface area (Å²) in [6, 6.07) is 42.3. The fourth-order valence-corrected chi connectivity index (χ4v) is 5.58. The van der Waals surface area contributed by atoms with Gasteiger partial charge in [-0.2, -0.15) is 0 Å². The van der Waals surface area contributed by atoms with E-state index < -0.39 is 5.60 Å². The van der Waals surface area contributed by atoms with Crippen molar-refractivity contribution in [2.75, 3.05) is 19.6 Å². The first-order chi connectivity index (χ1) is 17.7. The first kappa shape index (κ1) is 24.5. The zero-order valence-corrected chi connectivity index (χ0v) is 20.9. The molecular formula is C33H36N2O. The smallest absolute Gasteiger partial charge is 0.0894 e. The molecule has 1 aliphatic rings. The van der Waals surface area contributed by atoms with Gasteiger partial charge in [-0.05, 0) is 22.3 Å². The van der Waals surface area contributed by atoms with Crippen LogP contribution in [0.3, 0.4) is 0 Å². The number of piperazine rings is 1. The molecule has 0 bridgehead atoms. The molecule has 0 aliphatic carbocycles. The van der Waals surface area contributed by atoms with Crippen molar-refractivity contribution in [3.8, 4) is 0 Å². The van der Waals surface area contributed by atoms with Gasteiger partial charge in [-0.1, -0.05) is 121 Å². The minimum atomic E-state index is -0.910. The molecule has 1 heterocycles. The van der Waals surface area contributed by atoms with Gasteiger partial charge >= 0.3 is 0 Å². The highest BCUT2D eigenvalue weighted by Crippen LogP contribution is 2.31. The molecule has 0 amide bonds. The average Bonchev–Trinajstić information content (AvgIpc) is 2.92. The predicted molar refractivity (Wildman–Crippen MR) is 148 cm³/mol. The van der Waals surface area contributed by atoms with Crippen LogP contribution < -0.4 is 0 Å². The van der Waals surface area contributed by atoms with Crippen LogP contribution in [-0.4, -0.2) is 46.2 Å². The maximum Gasteiger partial charge on any atom is 0.0894 e. The van der Waals surface area contributed by atoms with Crippen LogP contribution in [0.5, 0.6) is 0 Å². The molecule has 0 aromatic heterocycles. The van der Waals surface area contributed by atoms with Gasteiger partial charge in [0.2, 0.25) is 0 Å². The summed E-state index contributed by atoms with van der Waals surface area (Å²) < 4.78 is 0. The molecule has 184 valence electrons. The van der Waals surface area contributed by atoms with Crippen molar-refractivity contribution in [2.24, 2.45) is 0 Å². The quantitative estimate of drug-likeness (QED) is 0.341. The largest absolute Gasteiger partial charge is 0.388 e. The standard InChI is InChI=1S/C33H36N2O/c36-33(23-28-13-5-1-6-14-28,24-29-15-7-2-8-16-29)32-27-34(25-30-17-9-3-10-18-30)21-22-35(32)26-31-19-11-4-12-20-31/h1-20,32,36H,21-27H2. The maximum atomic E-state index is 12.6. The summed E-state index contributed by atoms with van der Waals surface area (Å²) in [5.41, 5.74) is 4.06. The number of rotatable bonds is 9. The van der Waals surface area contributed by atoms with Crippen LogP contribution in [0, 0.1) is 0 Å². The summed E-state index contributed by atoms with van der Waals surface area (Å²) in [4.78, 5) is 5.03. The van der Waals surface area contributed by atoms with Gasteiger partial charge in [0.15, 0.2) is 0 Å². The van der Waals surface area contributed by atoms with E-state index in [9.17, 15) is 5.11 Å². The lowest BCUT2D eigenvalue weighted by molar-refractivity contribution is -0.0834. The first-order valence-corrected chi connectivity index (χ1v) is 13.0. The monoisotopic (exact) mass is 476 g/mol. The Morgan fingerprint density at radius 2 is 0.972 bits per heavy atom. The zero-order valence-electron chi connectivity index (χ0n) is 20.9. The van der Waals surface area contributed by atoms with Gasteiger partial charge in [0.25, 0.3) is 0 Å². The van der Waals surface area contributed by atoms with Gasteiger partial charge in [0, 0.05) is 45.6 Å². The normalized spacial score (nSPS) is 17.2. The second kappa shape index (κ2) is 11.7. The molecular weight excluding hydrogens is 440 g/mol. The summed E-state index contributed by atoms with van der Waals surface area (Å²) >= 11 is 0. The van der Waals surface area contributed by atoms with Crippen molar-refractivity contribution in [1.29, 1.82) is 0 Å². The Kier molecular flexibility index (Phi) is 7.92. The van der Waals surface area contributed by atoms with E-state index in [4.69, 9.17) is 0 Å². The van der Waals surface area contributed by atoms with Gasteiger partial charge in [0.05, 0.1) is 11.6 Å². The third-order valence-corrected chi connectivity index (χ3v) is 7.38. The van der Waals surface area contributed by atoms with Crippen molar-refractivity contribution >= 4 is 0 Å². The summed E-state index contributed by atoms with van der Waals surface area (Å²) in [6.45, 7) is 4.50. The van der Waals surface area contributed by atoms with Gasteiger partial charge in [-0.25, -0.2) is 0 Å². The number of nitrogens with zero attached hydrogens (tertiary/aromatic N) is 2. The molecule has 1 aliphatic heterocycles. The number of aliphatic hydroxyl groups is 1. The predicted octanol–water partition coefficient (Wildman–Crippen LogP) is 5.59. The SMILES string of the molecule is OC(Cc1ccccc1)(Cc1ccccc1)C1CN(Cc2ccccc2)CCN1Cc1ccccc1. The van der Waals surface area contributed by atoms with E-state index in [1.807, 2.05) is 12.1 Å². The molecule has 1 fully saturated rings. The molecule has 3 nitrogen and oxygen atoms in total. The Hall–Kier alpha value is -3.24. The number of hydrogen-bond donors (Lipinski definition) is 1. The molecule has 1 saturated heterocycles. The Labute approximate surface area is 215 Å². The van der Waals surface area contributed by atoms with E-state index in [0.29, 0.717) is 12.8 Å². The van der Waals surface area contributed by atoms with Crippen molar-refractivity contribution in [3.63, 3.8) is 0 Å². The minimum Gasteiger partial charge on any atom is -0.388 e. The topological polar surface area (TPSA) is 26.7 Å². The number of hydrogen-bond acceptors (Lipinski definition) is 3. The van der Waals surface area contributed by atoms with Crippen molar-refractivity contribution in [3.05, 3.63) is 144 Å². The van der Waals surface area contributed by atoms with Gasteiger partial charge < -0.3 is 5.11 Å². The lowest BCUT2D eigenvalue weighted by Crippen LogP contribution is -2.63. The second-order valence-corrected chi connectivity index (χ2v) is 10.1. The maximum absolute atomic E-state index is 12.6. The van der Waals surface area contributed by atoms with Gasteiger partial charge in [0.1, 0.15) is 0 Å². The van der Waals surface area contributed by atoms with E-state index in [-0.39, 0.29) is 6.04 Å². The summed E-state index contributed by atoms with van der Waals surface area (Å²) in [5.74, 6) is 0. The molecule has 3 heteroatoms. The van der Waals surface area contributed by atoms with Crippen molar-refractivity contribution in [1.82, 2.24) is 9.80 Å². The summed E-state index contributed by atoms with van der Waals surface area (Å²) in [7, 11) is 0. The Morgan fingerprint density at radius 3 is 1.44 bits per heavy atom. The zero-order chi connectivity index (χ0) is 24.6. The van der Waals surface area contributed by atoms with E-state index in [1.54, 1.807) is 0 Å². The highest BCUT2D eigenvalue weighted by Gasteiger charge is 2.43. The highest BCUT2D eigenvalue weighted by molar-refractivity contribution is 5.24. The van der Waals surface area contributed by atoms with E-state index >= 15 is 0 Å². The van der Waals surface area contributed by atoms with E-state index in [0.717, 1.165) is 32.7 Å². The van der Waals surface area contributed by atoms with Crippen molar-refractivity contribution in [2.45, 2.75) is 37.6 Å². The molecule has 0 spiro atoms.